The molecule has 0 spiro atoms. The molecule has 1 aromatic heterocycles. The van der Waals surface area contributed by atoms with Gasteiger partial charge in [-0.25, -0.2) is 4.79 Å². The van der Waals surface area contributed by atoms with E-state index in [0.717, 1.165) is 9.77 Å². The zero-order valence-electron chi connectivity index (χ0n) is 16.9. The summed E-state index contributed by atoms with van der Waals surface area (Å²) in [5.41, 5.74) is 0.688. The molecule has 0 saturated carbocycles. The Labute approximate surface area is 187 Å². The predicted octanol–water partition coefficient (Wildman–Crippen LogP) is 4.34. The van der Waals surface area contributed by atoms with Gasteiger partial charge in [0.15, 0.2) is 5.78 Å². The summed E-state index contributed by atoms with van der Waals surface area (Å²) in [5.74, 6) is -4.87. The number of esters is 2. The molecule has 6 nitrogen and oxygen atoms in total. The number of ketones is 1. The van der Waals surface area contributed by atoms with Crippen molar-refractivity contribution in [2.24, 2.45) is 5.92 Å². The fourth-order valence-electron chi connectivity index (χ4n) is 3.77. The highest BCUT2D eigenvalue weighted by molar-refractivity contribution is 7.98. The molecular weight excluding hydrogens is 436 g/mol. The first-order chi connectivity index (χ1) is 14.9. The maximum Gasteiger partial charge on any atom is 0.384 e. The highest BCUT2D eigenvalue weighted by Gasteiger charge is 2.58. The number of thiophene rings is 1. The highest BCUT2D eigenvalue weighted by atomic mass is 32.2. The SMILES string of the molecule is CSc1ccc(C(=O)O[C@@]2(OC(C)=O)OCC(=O)C3=CC=C[C@@H](c4cccs4)[C@H]32)cc1. The topological polar surface area (TPSA) is 78.9 Å². The van der Waals surface area contributed by atoms with Crippen molar-refractivity contribution in [3.8, 4) is 0 Å². The highest BCUT2D eigenvalue weighted by Crippen LogP contribution is 2.48. The molecule has 1 aliphatic carbocycles. The van der Waals surface area contributed by atoms with Crippen LogP contribution in [0.15, 0.2) is 70.5 Å². The molecule has 2 heterocycles. The van der Waals surface area contributed by atoms with E-state index in [0.29, 0.717) is 5.57 Å². The summed E-state index contributed by atoms with van der Waals surface area (Å²) in [4.78, 5) is 39.6. The van der Waals surface area contributed by atoms with Crippen molar-refractivity contribution in [2.75, 3.05) is 12.9 Å². The average molecular weight is 457 g/mol. The lowest BCUT2D eigenvalue weighted by Crippen LogP contribution is -2.56. The number of rotatable bonds is 5. The minimum Gasteiger partial charge on any atom is -0.398 e. The third-order valence-corrected chi connectivity index (χ3v) is 6.83. The van der Waals surface area contributed by atoms with Crippen LogP contribution in [0.25, 0.3) is 0 Å². The Morgan fingerprint density at radius 3 is 2.61 bits per heavy atom. The predicted molar refractivity (Wildman–Crippen MR) is 117 cm³/mol. The molecule has 0 N–H and O–H groups in total. The van der Waals surface area contributed by atoms with E-state index in [1.165, 1.54) is 18.3 Å². The lowest BCUT2D eigenvalue weighted by Gasteiger charge is -2.44. The van der Waals surface area contributed by atoms with E-state index >= 15 is 0 Å². The molecule has 8 heteroatoms. The van der Waals surface area contributed by atoms with Gasteiger partial charge in [-0.2, -0.15) is 0 Å². The zero-order chi connectivity index (χ0) is 22.0. The molecule has 4 rings (SSSR count). The van der Waals surface area contributed by atoms with Crippen molar-refractivity contribution in [3.63, 3.8) is 0 Å². The van der Waals surface area contributed by atoms with Gasteiger partial charge < -0.3 is 9.47 Å². The maximum atomic E-state index is 13.0. The zero-order valence-corrected chi connectivity index (χ0v) is 18.5. The lowest BCUT2D eigenvalue weighted by atomic mass is 9.76. The van der Waals surface area contributed by atoms with Gasteiger partial charge in [-0.05, 0) is 42.0 Å². The number of hydrogen-bond donors (Lipinski definition) is 0. The molecule has 1 saturated heterocycles. The van der Waals surface area contributed by atoms with Gasteiger partial charge >= 0.3 is 17.9 Å². The van der Waals surface area contributed by atoms with Crippen LogP contribution in [0, 0.1) is 5.92 Å². The van der Waals surface area contributed by atoms with E-state index in [1.807, 2.05) is 29.8 Å². The van der Waals surface area contributed by atoms with E-state index in [-0.39, 0.29) is 23.9 Å². The van der Waals surface area contributed by atoms with Crippen molar-refractivity contribution in [1.29, 1.82) is 0 Å². The summed E-state index contributed by atoms with van der Waals surface area (Å²) in [5, 5.41) is 1.92. The number of carbonyl (C=O) groups excluding carboxylic acids is 3. The molecule has 2 aromatic rings. The Kier molecular flexibility index (Phi) is 6.13. The summed E-state index contributed by atoms with van der Waals surface area (Å²) in [6, 6.07) is 10.7. The van der Waals surface area contributed by atoms with Gasteiger partial charge in [0.25, 0.3) is 0 Å². The summed E-state index contributed by atoms with van der Waals surface area (Å²) in [7, 11) is 0. The summed E-state index contributed by atoms with van der Waals surface area (Å²) in [6.45, 7) is 0.851. The quantitative estimate of drug-likeness (QED) is 0.376. The van der Waals surface area contributed by atoms with Crippen molar-refractivity contribution in [3.05, 3.63) is 76.0 Å². The van der Waals surface area contributed by atoms with Crippen LogP contribution < -0.4 is 0 Å². The van der Waals surface area contributed by atoms with E-state index in [2.05, 4.69) is 0 Å². The third-order valence-electron chi connectivity index (χ3n) is 5.11. The number of thioether (sulfide) groups is 1. The number of hydrogen-bond acceptors (Lipinski definition) is 8. The number of ether oxygens (including phenoxy) is 3. The van der Waals surface area contributed by atoms with Gasteiger partial charge in [-0.3, -0.25) is 14.3 Å². The minimum atomic E-state index is -2.06. The fraction of sp³-hybridized carbons (Fsp3) is 0.261. The molecule has 0 amide bonds. The van der Waals surface area contributed by atoms with Crippen LogP contribution in [-0.2, 0) is 23.8 Å². The normalized spacial score (nSPS) is 24.8. The van der Waals surface area contributed by atoms with Gasteiger partial charge in [-0.1, -0.05) is 24.3 Å². The van der Waals surface area contributed by atoms with Crippen LogP contribution in [0.4, 0.5) is 0 Å². The Balaban J connectivity index is 1.75. The van der Waals surface area contributed by atoms with Crippen molar-refractivity contribution in [2.45, 2.75) is 23.7 Å². The van der Waals surface area contributed by atoms with Crippen LogP contribution in [-0.4, -0.2) is 36.6 Å². The Morgan fingerprint density at radius 2 is 1.97 bits per heavy atom. The smallest absolute Gasteiger partial charge is 0.384 e. The first-order valence-electron chi connectivity index (χ1n) is 9.59. The molecule has 0 unspecified atom stereocenters. The van der Waals surface area contributed by atoms with Crippen LogP contribution >= 0.6 is 23.1 Å². The first-order valence-corrected chi connectivity index (χ1v) is 11.7. The minimum absolute atomic E-state index is 0.237. The molecule has 160 valence electrons. The summed E-state index contributed by atoms with van der Waals surface area (Å²) >= 11 is 3.05. The molecule has 3 atom stereocenters. The van der Waals surface area contributed by atoms with Gasteiger partial charge in [-0.15, -0.1) is 23.1 Å². The second-order valence-electron chi connectivity index (χ2n) is 7.05. The van der Waals surface area contributed by atoms with Gasteiger partial charge in [0.1, 0.15) is 12.5 Å². The van der Waals surface area contributed by atoms with E-state index < -0.39 is 23.8 Å². The van der Waals surface area contributed by atoms with Gasteiger partial charge in [0, 0.05) is 28.2 Å². The monoisotopic (exact) mass is 456 g/mol. The molecule has 1 fully saturated rings. The van der Waals surface area contributed by atoms with E-state index in [9.17, 15) is 14.4 Å². The molecule has 0 bridgehead atoms. The van der Waals surface area contributed by atoms with Gasteiger partial charge in [0.05, 0.1) is 5.56 Å². The van der Waals surface area contributed by atoms with Crippen LogP contribution in [0.5, 0.6) is 0 Å². The first kappa shape index (κ1) is 21.5. The Bertz CT molecular complexity index is 1050. The van der Waals surface area contributed by atoms with E-state index in [1.54, 1.807) is 48.2 Å². The maximum absolute atomic E-state index is 13.0. The van der Waals surface area contributed by atoms with Crippen molar-refractivity contribution in [1.82, 2.24) is 0 Å². The molecule has 31 heavy (non-hydrogen) atoms. The van der Waals surface area contributed by atoms with E-state index in [4.69, 9.17) is 14.2 Å². The summed E-state index contributed by atoms with van der Waals surface area (Å²) < 4.78 is 17.0. The second kappa shape index (κ2) is 8.82. The second-order valence-corrected chi connectivity index (χ2v) is 8.91. The Morgan fingerprint density at radius 1 is 1.19 bits per heavy atom. The number of allylic oxidation sites excluding steroid dienone is 3. The van der Waals surface area contributed by atoms with Crippen LogP contribution in [0.3, 0.4) is 0 Å². The third kappa shape index (κ3) is 4.23. The molecule has 1 aliphatic heterocycles. The summed E-state index contributed by atoms with van der Waals surface area (Å²) in [6.07, 6.45) is 7.28. The number of fused-ring (bicyclic) bond motifs is 1. The van der Waals surface area contributed by atoms with Crippen LogP contribution in [0.2, 0.25) is 0 Å². The molecule has 1 aromatic carbocycles. The number of carbonyl (C=O) groups is 3. The molecule has 0 radical (unpaired) electrons. The standard InChI is InChI=1S/C23H20O6S2/c1-14(24)28-23(29-22(26)15-8-10-16(30-2)11-9-15)21-17(19(25)13-27-23)5-3-6-18(21)20-7-4-12-31-20/h3-12,18,21H,13H2,1-2H3/t18-,21-,23+/m0/s1. The van der Waals surface area contributed by atoms with Crippen LogP contribution in [0.1, 0.15) is 28.1 Å². The molecule has 2 aliphatic rings. The van der Waals surface area contributed by atoms with Crippen molar-refractivity contribution >= 4 is 40.8 Å². The number of benzene rings is 1. The largest absolute Gasteiger partial charge is 0.398 e. The Hall–Kier alpha value is -2.68. The average Bonchev–Trinajstić information content (AvgIpc) is 3.30. The van der Waals surface area contributed by atoms with Gasteiger partial charge in [0.2, 0.25) is 0 Å². The lowest BCUT2D eigenvalue weighted by molar-refractivity contribution is -0.360. The van der Waals surface area contributed by atoms with Crippen molar-refractivity contribution < 1.29 is 28.6 Å². The molecular formula is C23H20O6S2. The number of Topliss-reactive ketones (excluding diaryl/α,β-unsaturated/α-hetero) is 1. The fourth-order valence-corrected chi connectivity index (χ4v) is 5.02.